The summed E-state index contributed by atoms with van der Waals surface area (Å²) in [4.78, 5) is 32.1. The number of carbonyl (C=O) groups excluding carboxylic acids is 2. The predicted octanol–water partition coefficient (Wildman–Crippen LogP) is 5.12. The highest BCUT2D eigenvalue weighted by atomic mass is 16.2. The van der Waals surface area contributed by atoms with E-state index in [1.54, 1.807) is 0 Å². The van der Waals surface area contributed by atoms with Gasteiger partial charge in [-0.05, 0) is 68.0 Å². The van der Waals surface area contributed by atoms with Gasteiger partial charge in [0, 0.05) is 30.6 Å². The highest BCUT2D eigenvalue weighted by Gasteiger charge is 2.10. The largest absolute Gasteiger partial charge is 0.352 e. The molecule has 3 N–H and O–H groups in total. The number of hydrogen-bond acceptors (Lipinski definition) is 3. The van der Waals surface area contributed by atoms with E-state index in [0.717, 1.165) is 41.0 Å². The number of rotatable bonds is 8. The number of nitrogens with zero attached hydrogens (tertiary/aromatic N) is 1. The number of aromatic amines is 1. The Kier molecular flexibility index (Phi) is 7.00. The molecule has 2 amide bonds. The molecular weight excluding hydrogens is 400 g/mol. The van der Waals surface area contributed by atoms with Crippen molar-refractivity contribution in [1.82, 2.24) is 15.3 Å². The van der Waals surface area contributed by atoms with Crippen LogP contribution in [-0.4, -0.2) is 28.3 Å². The Morgan fingerprint density at radius 3 is 2.69 bits per heavy atom. The third-order valence-electron chi connectivity index (χ3n) is 5.84. The standard InChI is InChI=1S/C26H30N4O2/c1-2-25(31)28-21-11-8-19(9-12-21)16-24-29-22-13-10-20(17-23(22)30-24)26(32)27-15-14-18-6-4-3-5-7-18/h6,8-13,17H,2-5,7,14-16H2,1H3,(H,27,32)(H,28,31)(H,29,30). The number of amides is 2. The van der Waals surface area contributed by atoms with Crippen LogP contribution in [0.3, 0.4) is 0 Å². The molecule has 0 aliphatic heterocycles. The van der Waals surface area contributed by atoms with Crippen LogP contribution in [0.4, 0.5) is 5.69 Å². The van der Waals surface area contributed by atoms with Crippen LogP contribution >= 0.6 is 0 Å². The van der Waals surface area contributed by atoms with Gasteiger partial charge in [-0.15, -0.1) is 0 Å². The zero-order valence-corrected chi connectivity index (χ0v) is 18.5. The lowest BCUT2D eigenvalue weighted by atomic mass is 9.97. The Labute approximate surface area is 188 Å². The molecule has 4 rings (SSSR count). The molecule has 1 heterocycles. The van der Waals surface area contributed by atoms with Crippen LogP contribution in [0.25, 0.3) is 11.0 Å². The Hall–Kier alpha value is -3.41. The molecule has 166 valence electrons. The molecular formula is C26H30N4O2. The zero-order chi connectivity index (χ0) is 22.3. The number of hydrogen-bond donors (Lipinski definition) is 3. The molecule has 1 aromatic heterocycles. The monoisotopic (exact) mass is 430 g/mol. The minimum atomic E-state index is -0.0517. The molecule has 0 unspecified atom stereocenters. The highest BCUT2D eigenvalue weighted by Crippen LogP contribution is 2.20. The first-order valence-electron chi connectivity index (χ1n) is 11.4. The van der Waals surface area contributed by atoms with E-state index in [0.29, 0.717) is 24.9 Å². The maximum atomic E-state index is 12.6. The van der Waals surface area contributed by atoms with Crippen LogP contribution in [0.5, 0.6) is 0 Å². The van der Waals surface area contributed by atoms with Crippen molar-refractivity contribution in [3.05, 3.63) is 71.1 Å². The summed E-state index contributed by atoms with van der Waals surface area (Å²) < 4.78 is 0. The molecule has 0 saturated heterocycles. The topological polar surface area (TPSA) is 86.9 Å². The van der Waals surface area contributed by atoms with Crippen molar-refractivity contribution in [3.63, 3.8) is 0 Å². The van der Waals surface area contributed by atoms with Crippen molar-refractivity contribution in [2.45, 2.75) is 51.9 Å². The second-order valence-electron chi connectivity index (χ2n) is 8.30. The fourth-order valence-corrected chi connectivity index (χ4v) is 4.01. The van der Waals surface area contributed by atoms with Gasteiger partial charge in [-0.2, -0.15) is 0 Å². The van der Waals surface area contributed by atoms with Gasteiger partial charge in [-0.25, -0.2) is 4.98 Å². The second-order valence-corrected chi connectivity index (χ2v) is 8.30. The van der Waals surface area contributed by atoms with Gasteiger partial charge in [0.15, 0.2) is 0 Å². The summed E-state index contributed by atoms with van der Waals surface area (Å²) in [6.45, 7) is 2.50. The average molecular weight is 431 g/mol. The first-order valence-corrected chi connectivity index (χ1v) is 11.4. The van der Waals surface area contributed by atoms with Crippen LogP contribution in [0.1, 0.15) is 67.2 Å². The maximum absolute atomic E-state index is 12.6. The average Bonchev–Trinajstić information content (AvgIpc) is 3.22. The summed E-state index contributed by atoms with van der Waals surface area (Å²) in [7, 11) is 0. The Morgan fingerprint density at radius 2 is 1.94 bits per heavy atom. The molecule has 6 heteroatoms. The molecule has 32 heavy (non-hydrogen) atoms. The lowest BCUT2D eigenvalue weighted by molar-refractivity contribution is -0.115. The smallest absolute Gasteiger partial charge is 0.251 e. The molecule has 0 fully saturated rings. The van der Waals surface area contributed by atoms with Crippen molar-refractivity contribution in [1.29, 1.82) is 0 Å². The quantitative estimate of drug-likeness (QED) is 0.433. The number of benzene rings is 2. The van der Waals surface area contributed by atoms with Gasteiger partial charge in [0.05, 0.1) is 11.0 Å². The summed E-state index contributed by atoms with van der Waals surface area (Å²) in [5.41, 5.74) is 5.69. The third kappa shape index (κ3) is 5.63. The molecule has 0 atom stereocenters. The van der Waals surface area contributed by atoms with Crippen LogP contribution in [0, 0.1) is 0 Å². The third-order valence-corrected chi connectivity index (χ3v) is 5.84. The van der Waals surface area contributed by atoms with E-state index in [2.05, 4.69) is 26.7 Å². The number of H-pyrrole nitrogens is 1. The van der Waals surface area contributed by atoms with Crippen LogP contribution in [0.2, 0.25) is 0 Å². The van der Waals surface area contributed by atoms with Crippen molar-refractivity contribution in [2.75, 3.05) is 11.9 Å². The van der Waals surface area contributed by atoms with Crippen molar-refractivity contribution in [3.8, 4) is 0 Å². The van der Waals surface area contributed by atoms with E-state index in [1.807, 2.05) is 49.4 Å². The van der Waals surface area contributed by atoms with E-state index >= 15 is 0 Å². The van der Waals surface area contributed by atoms with Gasteiger partial charge >= 0.3 is 0 Å². The molecule has 2 aromatic carbocycles. The lowest BCUT2D eigenvalue weighted by Gasteiger charge is -2.12. The summed E-state index contributed by atoms with van der Waals surface area (Å²) in [6, 6.07) is 13.3. The molecule has 0 spiro atoms. The maximum Gasteiger partial charge on any atom is 0.251 e. The fraction of sp³-hybridized carbons (Fsp3) is 0.346. The number of aromatic nitrogens is 2. The number of nitrogens with one attached hydrogen (secondary N) is 3. The lowest BCUT2D eigenvalue weighted by Crippen LogP contribution is -2.24. The van der Waals surface area contributed by atoms with Gasteiger partial charge in [-0.3, -0.25) is 9.59 Å². The normalized spacial score (nSPS) is 13.6. The minimum Gasteiger partial charge on any atom is -0.352 e. The van der Waals surface area contributed by atoms with Crippen LogP contribution in [0.15, 0.2) is 54.1 Å². The Balaban J connectivity index is 1.36. The minimum absolute atomic E-state index is 0.000879. The van der Waals surface area contributed by atoms with Gasteiger partial charge in [0.1, 0.15) is 5.82 Å². The molecule has 6 nitrogen and oxygen atoms in total. The van der Waals surface area contributed by atoms with E-state index in [1.165, 1.54) is 24.8 Å². The summed E-state index contributed by atoms with van der Waals surface area (Å²) >= 11 is 0. The van der Waals surface area contributed by atoms with E-state index in [-0.39, 0.29) is 11.8 Å². The SMILES string of the molecule is CCC(=O)Nc1ccc(Cc2nc3ccc(C(=O)NCCC4=CCCCC4)cc3[nH]2)cc1. The fourth-order valence-electron chi connectivity index (χ4n) is 4.01. The van der Waals surface area contributed by atoms with E-state index in [4.69, 9.17) is 0 Å². The number of imidazole rings is 1. The van der Waals surface area contributed by atoms with Gasteiger partial charge in [0.25, 0.3) is 5.91 Å². The van der Waals surface area contributed by atoms with Gasteiger partial charge < -0.3 is 15.6 Å². The van der Waals surface area contributed by atoms with Gasteiger partial charge in [0.2, 0.25) is 5.91 Å². The molecule has 0 radical (unpaired) electrons. The summed E-state index contributed by atoms with van der Waals surface area (Å²) in [5.74, 6) is 0.789. The van der Waals surface area contributed by atoms with Crippen molar-refractivity contribution < 1.29 is 9.59 Å². The van der Waals surface area contributed by atoms with Crippen molar-refractivity contribution in [2.24, 2.45) is 0 Å². The summed E-state index contributed by atoms with van der Waals surface area (Å²) in [6.07, 6.45) is 9.23. The Bertz CT molecular complexity index is 1130. The summed E-state index contributed by atoms with van der Waals surface area (Å²) in [5, 5.41) is 5.89. The molecule has 0 saturated carbocycles. The van der Waals surface area contributed by atoms with E-state index < -0.39 is 0 Å². The first-order chi connectivity index (χ1) is 15.6. The second kappa shape index (κ2) is 10.3. The van der Waals surface area contributed by atoms with Crippen LogP contribution < -0.4 is 10.6 Å². The molecule has 1 aliphatic rings. The molecule has 1 aliphatic carbocycles. The highest BCUT2D eigenvalue weighted by molar-refractivity contribution is 5.97. The predicted molar refractivity (Wildman–Crippen MR) is 128 cm³/mol. The van der Waals surface area contributed by atoms with Gasteiger partial charge in [-0.1, -0.05) is 30.7 Å². The number of anilines is 1. The molecule has 3 aromatic rings. The molecule has 0 bridgehead atoms. The van der Waals surface area contributed by atoms with Crippen LogP contribution in [-0.2, 0) is 11.2 Å². The number of allylic oxidation sites excluding steroid dienone is 1. The zero-order valence-electron chi connectivity index (χ0n) is 18.5. The van der Waals surface area contributed by atoms with Crippen molar-refractivity contribution >= 4 is 28.5 Å². The Morgan fingerprint density at radius 1 is 1.09 bits per heavy atom. The van der Waals surface area contributed by atoms with E-state index in [9.17, 15) is 9.59 Å². The number of carbonyl (C=O) groups is 2. The number of fused-ring (bicyclic) bond motifs is 1. The first kappa shape index (κ1) is 21.8.